The van der Waals surface area contributed by atoms with Crippen molar-refractivity contribution >= 4 is 16.7 Å². The molecular formula is C21H16F2N4. The molecule has 134 valence electrons. The zero-order chi connectivity index (χ0) is 19.0. The van der Waals surface area contributed by atoms with Gasteiger partial charge in [0.25, 0.3) is 0 Å². The molecule has 0 bridgehead atoms. The molecule has 4 nitrogen and oxygen atoms in total. The summed E-state index contributed by atoms with van der Waals surface area (Å²) in [5.41, 5.74) is 3.14. The summed E-state index contributed by atoms with van der Waals surface area (Å²) in [5, 5.41) is 3.79. The topological polar surface area (TPSA) is 50.7 Å². The van der Waals surface area contributed by atoms with Gasteiger partial charge >= 0.3 is 0 Å². The van der Waals surface area contributed by atoms with Crippen LogP contribution < -0.4 is 5.32 Å². The van der Waals surface area contributed by atoms with E-state index in [-0.39, 0.29) is 5.56 Å². The Labute approximate surface area is 154 Å². The first-order valence-electron chi connectivity index (χ1n) is 8.44. The summed E-state index contributed by atoms with van der Waals surface area (Å²) >= 11 is 0. The lowest BCUT2D eigenvalue weighted by molar-refractivity contribution is 0.511. The predicted octanol–water partition coefficient (Wildman–Crippen LogP) is 4.99. The van der Waals surface area contributed by atoms with Crippen LogP contribution in [0, 0.1) is 18.6 Å². The van der Waals surface area contributed by atoms with E-state index < -0.39 is 11.6 Å². The van der Waals surface area contributed by atoms with E-state index in [4.69, 9.17) is 0 Å². The number of anilines is 1. The van der Waals surface area contributed by atoms with E-state index >= 15 is 0 Å². The Morgan fingerprint density at radius 1 is 0.926 bits per heavy atom. The lowest BCUT2D eigenvalue weighted by atomic mass is 10.0. The van der Waals surface area contributed by atoms with Crippen LogP contribution in [0.1, 0.15) is 5.69 Å². The molecule has 0 aliphatic heterocycles. The molecule has 2 aromatic carbocycles. The van der Waals surface area contributed by atoms with Gasteiger partial charge in [-0.2, -0.15) is 0 Å². The Morgan fingerprint density at radius 3 is 2.52 bits per heavy atom. The van der Waals surface area contributed by atoms with Gasteiger partial charge in [-0.3, -0.25) is 4.98 Å². The second-order valence-corrected chi connectivity index (χ2v) is 6.12. The second-order valence-electron chi connectivity index (χ2n) is 6.12. The van der Waals surface area contributed by atoms with Crippen molar-refractivity contribution in [1.29, 1.82) is 0 Å². The number of hydrogen-bond donors (Lipinski definition) is 1. The summed E-state index contributed by atoms with van der Waals surface area (Å²) in [7, 11) is 1.76. The lowest BCUT2D eigenvalue weighted by Crippen LogP contribution is -2.00. The second kappa shape index (κ2) is 6.72. The summed E-state index contributed by atoms with van der Waals surface area (Å²) in [6.45, 7) is 1.90. The fourth-order valence-electron chi connectivity index (χ4n) is 3.05. The van der Waals surface area contributed by atoms with Gasteiger partial charge in [-0.15, -0.1) is 0 Å². The highest BCUT2D eigenvalue weighted by molar-refractivity contribution is 5.94. The third-order valence-electron chi connectivity index (χ3n) is 4.44. The van der Waals surface area contributed by atoms with Gasteiger partial charge < -0.3 is 5.32 Å². The highest BCUT2D eigenvalue weighted by Crippen LogP contribution is 2.31. The van der Waals surface area contributed by atoms with Crippen molar-refractivity contribution in [3.05, 3.63) is 72.1 Å². The number of pyridine rings is 1. The van der Waals surface area contributed by atoms with Gasteiger partial charge in [0.05, 0.1) is 5.52 Å². The summed E-state index contributed by atoms with van der Waals surface area (Å²) < 4.78 is 27.8. The highest BCUT2D eigenvalue weighted by atomic mass is 19.2. The van der Waals surface area contributed by atoms with Crippen LogP contribution in [0.4, 0.5) is 14.6 Å². The molecule has 2 aromatic heterocycles. The Hall–Kier alpha value is -3.41. The minimum atomic E-state index is -0.875. The maximum Gasteiger partial charge on any atom is 0.166 e. The molecule has 4 rings (SSSR count). The zero-order valence-corrected chi connectivity index (χ0v) is 14.8. The smallest absolute Gasteiger partial charge is 0.166 e. The normalized spacial score (nSPS) is 11.0. The van der Waals surface area contributed by atoms with Crippen molar-refractivity contribution < 1.29 is 8.78 Å². The Balaban J connectivity index is 1.91. The van der Waals surface area contributed by atoms with Crippen molar-refractivity contribution in [3.8, 4) is 22.5 Å². The highest BCUT2D eigenvalue weighted by Gasteiger charge is 2.14. The molecule has 0 amide bonds. The molecule has 4 aromatic rings. The van der Waals surface area contributed by atoms with E-state index in [1.165, 1.54) is 6.07 Å². The number of fused-ring (bicyclic) bond motifs is 1. The SMILES string of the molecule is CNc1nc(-c2cccnc2C)nc2ccc(-c3cccc(F)c3F)cc12. The third-order valence-corrected chi connectivity index (χ3v) is 4.44. The fraction of sp³-hybridized carbons (Fsp3) is 0.0952. The minimum Gasteiger partial charge on any atom is -0.373 e. The van der Waals surface area contributed by atoms with Crippen molar-refractivity contribution in [2.45, 2.75) is 6.92 Å². The van der Waals surface area contributed by atoms with E-state index in [2.05, 4.69) is 20.3 Å². The number of halogens is 2. The van der Waals surface area contributed by atoms with E-state index in [1.807, 2.05) is 19.1 Å². The molecule has 6 heteroatoms. The Kier molecular flexibility index (Phi) is 4.24. The molecule has 0 saturated carbocycles. The average Bonchev–Trinajstić information content (AvgIpc) is 2.69. The summed E-state index contributed by atoms with van der Waals surface area (Å²) in [6.07, 6.45) is 1.72. The quantitative estimate of drug-likeness (QED) is 0.558. The first-order chi connectivity index (χ1) is 13.1. The molecule has 0 spiro atoms. The van der Waals surface area contributed by atoms with Gasteiger partial charge in [-0.1, -0.05) is 18.2 Å². The lowest BCUT2D eigenvalue weighted by Gasteiger charge is -2.11. The van der Waals surface area contributed by atoms with Crippen LogP contribution in [0.15, 0.2) is 54.7 Å². The van der Waals surface area contributed by atoms with Crippen molar-refractivity contribution in [1.82, 2.24) is 15.0 Å². The van der Waals surface area contributed by atoms with Crippen LogP contribution in [0.5, 0.6) is 0 Å². The molecule has 0 saturated heterocycles. The van der Waals surface area contributed by atoms with E-state index in [0.29, 0.717) is 22.7 Å². The van der Waals surface area contributed by atoms with Gasteiger partial charge in [-0.25, -0.2) is 18.7 Å². The number of aromatic nitrogens is 3. The third kappa shape index (κ3) is 2.99. The number of benzene rings is 2. The standard InChI is InChI=1S/C21H16F2N4/c1-12-14(6-4-10-25-12)21-26-18-9-8-13(11-16(18)20(24-2)27-21)15-5-3-7-17(22)19(15)23/h3-11H,1-2H3,(H,24,26,27). The van der Waals surface area contributed by atoms with Crippen LogP contribution in [0.2, 0.25) is 0 Å². The predicted molar refractivity (Wildman–Crippen MR) is 102 cm³/mol. The number of hydrogen-bond acceptors (Lipinski definition) is 4. The number of rotatable bonds is 3. The number of aryl methyl sites for hydroxylation is 1. The first kappa shape index (κ1) is 17.0. The van der Waals surface area contributed by atoms with Gasteiger partial charge in [0, 0.05) is 35.5 Å². The van der Waals surface area contributed by atoms with Crippen molar-refractivity contribution in [2.75, 3.05) is 12.4 Å². The van der Waals surface area contributed by atoms with E-state index in [0.717, 1.165) is 22.7 Å². The van der Waals surface area contributed by atoms with Crippen LogP contribution in [0.25, 0.3) is 33.4 Å². The monoisotopic (exact) mass is 362 g/mol. The van der Waals surface area contributed by atoms with Crippen LogP contribution >= 0.6 is 0 Å². The Bertz CT molecular complexity index is 1160. The van der Waals surface area contributed by atoms with Crippen molar-refractivity contribution in [2.24, 2.45) is 0 Å². The molecule has 2 heterocycles. The zero-order valence-electron chi connectivity index (χ0n) is 14.8. The van der Waals surface area contributed by atoms with Gasteiger partial charge in [0.1, 0.15) is 5.82 Å². The molecule has 0 radical (unpaired) electrons. The maximum absolute atomic E-state index is 14.2. The summed E-state index contributed by atoms with van der Waals surface area (Å²) in [5.74, 6) is -0.578. The molecular weight excluding hydrogens is 346 g/mol. The molecule has 0 atom stereocenters. The first-order valence-corrected chi connectivity index (χ1v) is 8.44. The van der Waals surface area contributed by atoms with Gasteiger partial charge in [-0.05, 0) is 42.8 Å². The van der Waals surface area contributed by atoms with Crippen molar-refractivity contribution in [3.63, 3.8) is 0 Å². The van der Waals surface area contributed by atoms with E-state index in [1.54, 1.807) is 37.5 Å². The van der Waals surface area contributed by atoms with Gasteiger partial charge in [0.15, 0.2) is 17.5 Å². The van der Waals surface area contributed by atoms with Crippen LogP contribution in [0.3, 0.4) is 0 Å². The molecule has 0 unspecified atom stereocenters. The molecule has 0 aliphatic rings. The largest absolute Gasteiger partial charge is 0.373 e. The van der Waals surface area contributed by atoms with Gasteiger partial charge in [0.2, 0.25) is 0 Å². The van der Waals surface area contributed by atoms with Crippen LogP contribution in [-0.4, -0.2) is 22.0 Å². The van der Waals surface area contributed by atoms with E-state index in [9.17, 15) is 8.78 Å². The number of nitrogens with one attached hydrogen (secondary N) is 1. The maximum atomic E-state index is 14.2. The average molecular weight is 362 g/mol. The van der Waals surface area contributed by atoms with Crippen LogP contribution in [-0.2, 0) is 0 Å². The Morgan fingerprint density at radius 2 is 1.74 bits per heavy atom. The molecule has 1 N–H and O–H groups in total. The minimum absolute atomic E-state index is 0.200. The summed E-state index contributed by atoms with van der Waals surface area (Å²) in [4.78, 5) is 13.5. The summed E-state index contributed by atoms with van der Waals surface area (Å²) in [6, 6.07) is 13.2. The number of nitrogens with zero attached hydrogens (tertiary/aromatic N) is 3. The fourth-order valence-corrected chi connectivity index (χ4v) is 3.05. The molecule has 0 fully saturated rings. The molecule has 0 aliphatic carbocycles. The molecule has 27 heavy (non-hydrogen) atoms.